The van der Waals surface area contributed by atoms with Gasteiger partial charge in [0.15, 0.2) is 0 Å². The Hall–Kier alpha value is 0.0569. The van der Waals surface area contributed by atoms with Crippen LogP contribution in [0.5, 0.6) is 0 Å². The van der Waals surface area contributed by atoms with Crippen molar-refractivity contribution in [1.82, 2.24) is 0 Å². The smallest absolute Gasteiger partial charge is 0.280 e. The van der Waals surface area contributed by atoms with Crippen LogP contribution in [0.15, 0.2) is 0 Å². The molecule has 0 aliphatic rings. The lowest BCUT2D eigenvalue weighted by Crippen LogP contribution is -2.42. The summed E-state index contributed by atoms with van der Waals surface area (Å²) in [4.78, 5) is 0. The fraction of sp³-hybridized carbons (Fsp3) is 1.00. The average molecular weight is 179 g/mol. The average Bonchev–Trinajstić information content (AvgIpc) is 2.08. The topological polar surface area (TPSA) is 53.7 Å². The number of hydrogen-bond acceptors (Lipinski definition) is 4. The highest BCUT2D eigenvalue weighted by molar-refractivity contribution is 6.60. The van der Waals surface area contributed by atoms with Crippen LogP contribution in [-0.4, -0.2) is 36.7 Å². The van der Waals surface area contributed by atoms with E-state index in [4.69, 9.17) is 19.0 Å². The van der Waals surface area contributed by atoms with E-state index in [0.717, 1.165) is 12.5 Å². The Morgan fingerprint density at radius 1 is 1.09 bits per heavy atom. The SMILES string of the molecule is CO[Si-](CCCN)(OC)OC. The van der Waals surface area contributed by atoms with Gasteiger partial charge in [-0.1, -0.05) is 12.5 Å². The van der Waals surface area contributed by atoms with Gasteiger partial charge in [-0.15, -0.1) is 0 Å². The van der Waals surface area contributed by atoms with Crippen molar-refractivity contribution in [2.45, 2.75) is 12.5 Å². The highest BCUT2D eigenvalue weighted by Crippen LogP contribution is 2.13. The maximum atomic E-state index is 5.36. The Bertz CT molecular complexity index is 89.6. The van der Waals surface area contributed by atoms with Gasteiger partial charge in [0.25, 0.3) is 8.80 Å². The molecule has 69 valence electrons. The van der Waals surface area contributed by atoms with Gasteiger partial charge >= 0.3 is 0 Å². The largest absolute Gasteiger partial charge is 0.527 e. The van der Waals surface area contributed by atoms with Gasteiger partial charge in [-0.05, 0) is 27.9 Å². The van der Waals surface area contributed by atoms with E-state index in [1.54, 1.807) is 21.3 Å². The minimum absolute atomic E-state index is 0.644. The summed E-state index contributed by atoms with van der Waals surface area (Å²) in [6.07, 6.45) is 0.877. The Morgan fingerprint density at radius 2 is 1.55 bits per heavy atom. The summed E-state index contributed by atoms with van der Waals surface area (Å²) in [5.41, 5.74) is 5.36. The Morgan fingerprint density at radius 3 is 1.82 bits per heavy atom. The molecule has 0 unspecified atom stereocenters. The van der Waals surface area contributed by atoms with Crippen molar-refractivity contribution in [3.8, 4) is 0 Å². The molecular weight excluding hydrogens is 162 g/mol. The van der Waals surface area contributed by atoms with Crippen molar-refractivity contribution in [1.29, 1.82) is 0 Å². The Balaban J connectivity index is 3.84. The minimum Gasteiger partial charge on any atom is -0.527 e. The zero-order chi connectivity index (χ0) is 8.74. The molecule has 0 heterocycles. The van der Waals surface area contributed by atoms with Gasteiger partial charge in [0.05, 0.1) is 0 Å². The molecule has 11 heavy (non-hydrogen) atoms. The van der Waals surface area contributed by atoms with Crippen molar-refractivity contribution >= 4 is 8.80 Å². The molecule has 0 saturated carbocycles. The molecule has 0 aromatic carbocycles. The van der Waals surface area contributed by atoms with Gasteiger partial charge in [-0.3, -0.25) is 0 Å². The van der Waals surface area contributed by atoms with Crippen molar-refractivity contribution < 1.29 is 13.3 Å². The molecule has 0 fully saturated rings. The van der Waals surface area contributed by atoms with Gasteiger partial charge in [-0.25, -0.2) is 0 Å². The monoisotopic (exact) mass is 179 g/mol. The molecular formula is C6H17NO3Si-. The molecule has 0 saturated heterocycles. The van der Waals surface area contributed by atoms with Crippen LogP contribution in [0.3, 0.4) is 0 Å². The highest BCUT2D eigenvalue weighted by atomic mass is 28.4. The molecule has 0 rings (SSSR count). The first-order valence-electron chi connectivity index (χ1n) is 3.60. The van der Waals surface area contributed by atoms with Crippen LogP contribution in [0.25, 0.3) is 0 Å². The van der Waals surface area contributed by atoms with Crippen LogP contribution >= 0.6 is 0 Å². The molecule has 0 aromatic rings. The molecule has 0 amide bonds. The third kappa shape index (κ3) is 3.30. The third-order valence-electron chi connectivity index (χ3n) is 1.62. The summed E-state index contributed by atoms with van der Waals surface area (Å²) in [6, 6.07) is 0.785. The number of nitrogens with two attached hydrogens (primary N) is 1. The van der Waals surface area contributed by atoms with Gasteiger partial charge < -0.3 is 19.0 Å². The van der Waals surface area contributed by atoms with E-state index >= 15 is 0 Å². The second kappa shape index (κ2) is 5.67. The summed E-state index contributed by atoms with van der Waals surface area (Å²) in [5, 5.41) is 0. The molecule has 2 N–H and O–H groups in total. The molecule has 0 aromatic heterocycles. The molecule has 4 nitrogen and oxygen atoms in total. The number of hydrogen-bond donors (Lipinski definition) is 1. The second-order valence-electron chi connectivity index (χ2n) is 2.19. The van der Waals surface area contributed by atoms with Crippen molar-refractivity contribution in [2.75, 3.05) is 27.9 Å². The lowest BCUT2D eigenvalue weighted by molar-refractivity contribution is 0.123. The van der Waals surface area contributed by atoms with E-state index in [-0.39, 0.29) is 0 Å². The maximum absolute atomic E-state index is 5.36. The third-order valence-corrected chi connectivity index (χ3v) is 4.45. The van der Waals surface area contributed by atoms with Crippen molar-refractivity contribution in [3.63, 3.8) is 0 Å². The minimum atomic E-state index is -2.32. The van der Waals surface area contributed by atoms with Gasteiger partial charge in [0, 0.05) is 0 Å². The Labute approximate surface area is 69.0 Å². The second-order valence-corrected chi connectivity index (χ2v) is 5.28. The highest BCUT2D eigenvalue weighted by Gasteiger charge is 2.20. The molecule has 0 bridgehead atoms. The zero-order valence-corrected chi connectivity index (χ0v) is 8.42. The van der Waals surface area contributed by atoms with Crippen LogP contribution in [0.4, 0.5) is 0 Å². The standard InChI is InChI=1S/C6H17NO3Si/c1-8-11(9-2,10-3)6-4-5-7/h4-7H2,1-3H3/q-1. The first-order valence-corrected chi connectivity index (χ1v) is 5.53. The van der Waals surface area contributed by atoms with Crippen molar-refractivity contribution in [3.05, 3.63) is 0 Å². The molecule has 0 atom stereocenters. The Kier molecular flexibility index (Phi) is 5.70. The molecule has 0 spiro atoms. The molecule has 0 radical (unpaired) electrons. The lowest BCUT2D eigenvalue weighted by Gasteiger charge is -2.38. The van der Waals surface area contributed by atoms with E-state index in [1.807, 2.05) is 0 Å². The maximum Gasteiger partial charge on any atom is 0.280 e. The van der Waals surface area contributed by atoms with Gasteiger partial charge in [0.1, 0.15) is 0 Å². The van der Waals surface area contributed by atoms with Crippen LogP contribution in [0, 0.1) is 0 Å². The predicted molar refractivity (Wildman–Crippen MR) is 45.3 cm³/mol. The lowest BCUT2D eigenvalue weighted by atomic mass is 10.5. The summed E-state index contributed by atoms with van der Waals surface area (Å²) in [5.74, 6) is 0. The van der Waals surface area contributed by atoms with Gasteiger partial charge in [0.2, 0.25) is 0 Å². The molecule has 0 aliphatic heterocycles. The fourth-order valence-corrected chi connectivity index (χ4v) is 2.62. The van der Waals surface area contributed by atoms with Gasteiger partial charge in [-0.2, -0.15) is 0 Å². The first-order chi connectivity index (χ1) is 5.24. The van der Waals surface area contributed by atoms with E-state index in [0.29, 0.717) is 6.54 Å². The first kappa shape index (κ1) is 11.1. The van der Waals surface area contributed by atoms with E-state index < -0.39 is 8.80 Å². The molecule has 0 aliphatic carbocycles. The van der Waals surface area contributed by atoms with E-state index in [9.17, 15) is 0 Å². The molecule has 5 heteroatoms. The summed E-state index contributed by atoms with van der Waals surface area (Å²) in [7, 11) is 2.50. The zero-order valence-electron chi connectivity index (χ0n) is 7.42. The summed E-state index contributed by atoms with van der Waals surface area (Å²) in [6.45, 7) is 0.644. The van der Waals surface area contributed by atoms with Crippen LogP contribution in [-0.2, 0) is 13.3 Å². The van der Waals surface area contributed by atoms with Crippen molar-refractivity contribution in [2.24, 2.45) is 5.73 Å². The van der Waals surface area contributed by atoms with Crippen LogP contribution in [0.2, 0.25) is 6.04 Å². The predicted octanol–water partition coefficient (Wildman–Crippen LogP) is 0.213. The normalized spacial score (nSPS) is 12.0. The number of rotatable bonds is 6. The van der Waals surface area contributed by atoms with Crippen LogP contribution in [0.1, 0.15) is 6.42 Å². The van der Waals surface area contributed by atoms with E-state index in [1.165, 1.54) is 0 Å². The fourth-order valence-electron chi connectivity index (χ4n) is 0.875. The quantitative estimate of drug-likeness (QED) is 0.592. The van der Waals surface area contributed by atoms with Crippen LogP contribution < -0.4 is 5.73 Å². The summed E-state index contributed by atoms with van der Waals surface area (Å²) >= 11 is 0. The summed E-state index contributed by atoms with van der Waals surface area (Å²) < 4.78 is 15.5. The van der Waals surface area contributed by atoms with E-state index in [2.05, 4.69) is 0 Å².